The third-order valence-electron chi connectivity index (χ3n) is 4.44. The van der Waals surface area contributed by atoms with Crippen molar-refractivity contribution in [3.05, 3.63) is 65.0 Å². The lowest BCUT2D eigenvalue weighted by atomic mass is 9.98. The first kappa shape index (κ1) is 20.9. The van der Waals surface area contributed by atoms with E-state index in [1.54, 1.807) is 0 Å². The summed E-state index contributed by atoms with van der Waals surface area (Å²) < 4.78 is 62.8. The van der Waals surface area contributed by atoms with Gasteiger partial charge in [-0.3, -0.25) is 0 Å². The molecule has 5 nitrogen and oxygen atoms in total. The van der Waals surface area contributed by atoms with Gasteiger partial charge in [0.25, 0.3) is 0 Å². The van der Waals surface area contributed by atoms with Crippen LogP contribution >= 0.6 is 0 Å². The number of amides is 1. The van der Waals surface area contributed by atoms with Crippen molar-refractivity contribution in [2.45, 2.75) is 25.2 Å². The first-order valence-electron chi connectivity index (χ1n) is 9.06. The minimum Gasteiger partial charge on any atom is -0.493 e. The molecule has 1 heterocycles. The van der Waals surface area contributed by atoms with E-state index in [-0.39, 0.29) is 31.5 Å². The van der Waals surface area contributed by atoms with Crippen molar-refractivity contribution in [3.8, 4) is 5.75 Å². The summed E-state index contributed by atoms with van der Waals surface area (Å²) in [5.41, 5.74) is -0.159. The van der Waals surface area contributed by atoms with E-state index < -0.39 is 23.7 Å². The molecule has 2 aromatic carbocycles. The fourth-order valence-corrected chi connectivity index (χ4v) is 3.02. The van der Waals surface area contributed by atoms with Crippen molar-refractivity contribution in [3.63, 3.8) is 0 Å². The highest BCUT2D eigenvalue weighted by Gasteiger charge is 2.36. The maximum absolute atomic E-state index is 13.9. The zero-order chi connectivity index (χ0) is 20.9. The van der Waals surface area contributed by atoms with Gasteiger partial charge < -0.3 is 20.1 Å². The number of alkyl halides is 3. The Kier molecular flexibility index (Phi) is 6.58. The number of halogens is 4. The summed E-state index contributed by atoms with van der Waals surface area (Å²) in [6, 6.07) is 10.4. The zero-order valence-electron chi connectivity index (χ0n) is 15.4. The van der Waals surface area contributed by atoms with E-state index in [1.165, 1.54) is 0 Å². The number of benzene rings is 2. The maximum atomic E-state index is 13.9. The topological polar surface area (TPSA) is 59.6 Å². The third-order valence-corrected chi connectivity index (χ3v) is 4.44. The zero-order valence-corrected chi connectivity index (χ0v) is 15.4. The Bertz CT molecular complexity index is 844. The molecule has 2 N–H and O–H groups in total. The lowest BCUT2D eigenvalue weighted by Crippen LogP contribution is -2.35. The molecule has 29 heavy (non-hydrogen) atoms. The van der Waals surface area contributed by atoms with E-state index in [4.69, 9.17) is 9.47 Å². The largest absolute Gasteiger partial charge is 0.493 e. The van der Waals surface area contributed by atoms with Crippen LogP contribution in [-0.2, 0) is 17.5 Å². The van der Waals surface area contributed by atoms with Crippen LogP contribution < -0.4 is 15.4 Å². The summed E-state index contributed by atoms with van der Waals surface area (Å²) in [4.78, 5) is 11.7. The molecule has 1 amide bonds. The number of carbonyl (C=O) groups is 1. The van der Waals surface area contributed by atoms with Gasteiger partial charge in [0.05, 0.1) is 12.2 Å². The SMILES string of the molecule is O=C(NCCNC1CCOc2cc(C(F)(F)F)c(F)cc21)OCc1ccccc1. The highest BCUT2D eigenvalue weighted by atomic mass is 19.4. The fourth-order valence-electron chi connectivity index (χ4n) is 3.02. The van der Waals surface area contributed by atoms with Crippen molar-refractivity contribution in [1.82, 2.24) is 10.6 Å². The van der Waals surface area contributed by atoms with E-state index in [2.05, 4.69) is 10.6 Å². The number of ether oxygens (including phenoxy) is 2. The summed E-state index contributed by atoms with van der Waals surface area (Å²) in [7, 11) is 0. The van der Waals surface area contributed by atoms with Crippen molar-refractivity contribution in [2.24, 2.45) is 0 Å². The molecule has 1 aliphatic heterocycles. The average molecular weight is 412 g/mol. The molecule has 2 aromatic rings. The molecular formula is C20H20F4N2O3. The summed E-state index contributed by atoms with van der Waals surface area (Å²) in [6.45, 7) is 0.922. The second kappa shape index (κ2) is 9.13. The standard InChI is InChI=1S/C20H20F4N2O3/c21-16-10-14-17(6-9-28-18(14)11-15(16)20(22,23)24)25-7-8-26-19(27)29-12-13-4-2-1-3-5-13/h1-5,10-11,17,25H,6-9,12H2,(H,26,27). The van der Waals surface area contributed by atoms with Crippen molar-refractivity contribution in [2.75, 3.05) is 19.7 Å². The lowest BCUT2D eigenvalue weighted by Gasteiger charge is -2.28. The molecule has 1 aliphatic rings. The van der Waals surface area contributed by atoms with E-state index >= 15 is 0 Å². The van der Waals surface area contributed by atoms with Crippen LogP contribution in [-0.4, -0.2) is 25.8 Å². The van der Waals surface area contributed by atoms with Gasteiger partial charge in [-0.15, -0.1) is 0 Å². The normalized spacial score (nSPS) is 15.9. The van der Waals surface area contributed by atoms with Gasteiger partial charge in [0, 0.05) is 31.1 Å². The molecule has 0 bridgehead atoms. The van der Waals surface area contributed by atoms with Gasteiger partial charge in [-0.25, -0.2) is 9.18 Å². The van der Waals surface area contributed by atoms with Crippen LogP contribution in [0.4, 0.5) is 22.4 Å². The van der Waals surface area contributed by atoms with E-state index in [9.17, 15) is 22.4 Å². The summed E-state index contributed by atoms with van der Waals surface area (Å²) in [5.74, 6) is -1.33. The van der Waals surface area contributed by atoms with Crippen LogP contribution in [0.3, 0.4) is 0 Å². The molecule has 0 saturated carbocycles. The van der Waals surface area contributed by atoms with E-state index in [0.717, 1.165) is 11.6 Å². The monoisotopic (exact) mass is 412 g/mol. The molecule has 1 unspecified atom stereocenters. The minimum atomic E-state index is -4.78. The number of fused-ring (bicyclic) bond motifs is 1. The first-order valence-corrected chi connectivity index (χ1v) is 9.06. The van der Waals surface area contributed by atoms with Crippen LogP contribution in [0.5, 0.6) is 5.75 Å². The molecule has 0 saturated heterocycles. The number of rotatable bonds is 6. The number of carbonyl (C=O) groups excluding carboxylic acids is 1. The number of alkyl carbamates (subject to hydrolysis) is 1. The van der Waals surface area contributed by atoms with Gasteiger partial charge in [-0.05, 0) is 17.7 Å². The lowest BCUT2D eigenvalue weighted by molar-refractivity contribution is -0.140. The molecule has 9 heteroatoms. The van der Waals surface area contributed by atoms with Crippen LogP contribution in [0.25, 0.3) is 0 Å². The Morgan fingerprint density at radius 2 is 1.93 bits per heavy atom. The summed E-state index contributed by atoms with van der Waals surface area (Å²) >= 11 is 0. The van der Waals surface area contributed by atoms with Gasteiger partial charge in [0.2, 0.25) is 0 Å². The predicted octanol–water partition coefficient (Wildman–Crippen LogP) is 4.18. The molecule has 0 aliphatic carbocycles. The maximum Gasteiger partial charge on any atom is 0.419 e. The number of hydrogen-bond donors (Lipinski definition) is 2. The fraction of sp³-hybridized carbons (Fsp3) is 0.350. The Hall–Kier alpha value is -2.81. The molecule has 3 rings (SSSR count). The Morgan fingerprint density at radius 3 is 2.66 bits per heavy atom. The molecule has 0 fully saturated rings. The Labute approximate surface area is 165 Å². The van der Waals surface area contributed by atoms with Crippen LogP contribution in [0.1, 0.15) is 29.2 Å². The Morgan fingerprint density at radius 1 is 1.17 bits per heavy atom. The van der Waals surface area contributed by atoms with Crippen molar-refractivity contribution < 1.29 is 31.8 Å². The van der Waals surface area contributed by atoms with Crippen LogP contribution in [0, 0.1) is 5.82 Å². The summed E-state index contributed by atoms with van der Waals surface area (Å²) in [5, 5.41) is 5.67. The molecular weight excluding hydrogens is 392 g/mol. The molecule has 1 atom stereocenters. The first-order chi connectivity index (χ1) is 13.8. The van der Waals surface area contributed by atoms with Gasteiger partial charge in [0.1, 0.15) is 18.2 Å². The highest BCUT2D eigenvalue weighted by molar-refractivity contribution is 5.67. The van der Waals surface area contributed by atoms with Gasteiger partial charge in [0.15, 0.2) is 0 Å². The Balaban J connectivity index is 1.48. The van der Waals surface area contributed by atoms with E-state index in [1.807, 2.05) is 30.3 Å². The number of hydrogen-bond acceptors (Lipinski definition) is 4. The second-order valence-corrected chi connectivity index (χ2v) is 6.50. The predicted molar refractivity (Wildman–Crippen MR) is 96.9 cm³/mol. The third kappa shape index (κ3) is 5.60. The molecule has 156 valence electrons. The number of nitrogens with one attached hydrogen (secondary N) is 2. The molecule has 0 aromatic heterocycles. The quantitative estimate of drug-likeness (QED) is 0.552. The van der Waals surface area contributed by atoms with Gasteiger partial charge in [-0.2, -0.15) is 13.2 Å². The van der Waals surface area contributed by atoms with Gasteiger partial charge >= 0.3 is 12.3 Å². The smallest absolute Gasteiger partial charge is 0.419 e. The highest BCUT2D eigenvalue weighted by Crippen LogP contribution is 2.39. The summed E-state index contributed by atoms with van der Waals surface area (Å²) in [6.07, 6.45) is -4.90. The molecule has 0 spiro atoms. The minimum absolute atomic E-state index is 0.0118. The van der Waals surface area contributed by atoms with E-state index in [0.29, 0.717) is 24.6 Å². The van der Waals surface area contributed by atoms with Crippen molar-refractivity contribution in [1.29, 1.82) is 0 Å². The van der Waals surface area contributed by atoms with Crippen LogP contribution in [0.15, 0.2) is 42.5 Å². The average Bonchev–Trinajstić information content (AvgIpc) is 2.69. The second-order valence-electron chi connectivity index (χ2n) is 6.50. The van der Waals surface area contributed by atoms with Crippen molar-refractivity contribution >= 4 is 6.09 Å². The van der Waals surface area contributed by atoms with Gasteiger partial charge in [-0.1, -0.05) is 30.3 Å². The molecule has 0 radical (unpaired) electrons. The van der Waals surface area contributed by atoms with Crippen LogP contribution in [0.2, 0.25) is 0 Å².